The molecular formula is C10H16O3. The summed E-state index contributed by atoms with van der Waals surface area (Å²) in [7, 11) is 0. The fourth-order valence-electron chi connectivity index (χ4n) is 1.54. The lowest BCUT2D eigenvalue weighted by molar-refractivity contribution is -0.159. The Bertz CT molecular complexity index is 230. The molecular weight excluding hydrogens is 168 g/mol. The van der Waals surface area contributed by atoms with Crippen molar-refractivity contribution in [1.29, 1.82) is 0 Å². The van der Waals surface area contributed by atoms with Gasteiger partial charge < -0.3 is 4.74 Å². The molecule has 1 rings (SSSR count). The van der Waals surface area contributed by atoms with E-state index >= 15 is 0 Å². The second kappa shape index (κ2) is 3.48. The Morgan fingerprint density at radius 3 is 2.31 bits per heavy atom. The zero-order valence-corrected chi connectivity index (χ0v) is 8.42. The molecule has 1 fully saturated rings. The molecule has 0 amide bonds. The predicted octanol–water partition coefficient (Wildman–Crippen LogP) is 1.55. The van der Waals surface area contributed by atoms with Crippen LogP contribution in [-0.2, 0) is 14.3 Å². The first-order valence-electron chi connectivity index (χ1n) is 4.71. The van der Waals surface area contributed by atoms with Crippen LogP contribution < -0.4 is 0 Å². The van der Waals surface area contributed by atoms with E-state index in [0.29, 0.717) is 6.61 Å². The quantitative estimate of drug-likeness (QED) is 0.492. The Morgan fingerprint density at radius 1 is 1.46 bits per heavy atom. The third-order valence-corrected chi connectivity index (χ3v) is 2.82. The molecule has 0 radical (unpaired) electrons. The van der Waals surface area contributed by atoms with E-state index in [1.807, 2.05) is 0 Å². The number of carbonyl (C=O) groups is 2. The second-order valence-corrected chi connectivity index (χ2v) is 3.75. The van der Waals surface area contributed by atoms with Crippen LogP contribution in [0.4, 0.5) is 0 Å². The fourth-order valence-corrected chi connectivity index (χ4v) is 1.54. The maximum absolute atomic E-state index is 11.5. The van der Waals surface area contributed by atoms with Crippen molar-refractivity contribution < 1.29 is 14.3 Å². The highest BCUT2D eigenvalue weighted by Gasteiger charge is 2.51. The normalized spacial score (nSPS) is 20.5. The van der Waals surface area contributed by atoms with Crippen LogP contribution >= 0.6 is 0 Å². The van der Waals surface area contributed by atoms with Crippen LogP contribution in [0.5, 0.6) is 0 Å². The molecule has 3 nitrogen and oxygen atoms in total. The summed E-state index contributed by atoms with van der Waals surface area (Å²) in [6.07, 6.45) is 1.93. The van der Waals surface area contributed by atoms with Crippen LogP contribution in [0.25, 0.3) is 0 Å². The van der Waals surface area contributed by atoms with Crippen LogP contribution in [0.2, 0.25) is 0 Å². The molecule has 0 saturated heterocycles. The fraction of sp³-hybridized carbons (Fsp3) is 0.800. The van der Waals surface area contributed by atoms with Gasteiger partial charge in [-0.15, -0.1) is 0 Å². The minimum absolute atomic E-state index is 0.0755. The van der Waals surface area contributed by atoms with Crippen molar-refractivity contribution in [3.8, 4) is 0 Å². The molecule has 1 atom stereocenters. The molecule has 0 heterocycles. The molecule has 1 saturated carbocycles. The minimum Gasteiger partial charge on any atom is -0.465 e. The number of hydrogen-bond acceptors (Lipinski definition) is 3. The largest absolute Gasteiger partial charge is 0.465 e. The van der Waals surface area contributed by atoms with E-state index < -0.39 is 5.41 Å². The van der Waals surface area contributed by atoms with E-state index in [4.69, 9.17) is 4.74 Å². The molecule has 0 aliphatic heterocycles. The highest BCUT2D eigenvalue weighted by Crippen LogP contribution is 2.46. The molecule has 0 aromatic carbocycles. The van der Waals surface area contributed by atoms with Gasteiger partial charge in [0.25, 0.3) is 0 Å². The summed E-state index contributed by atoms with van der Waals surface area (Å²) < 4.78 is 4.91. The van der Waals surface area contributed by atoms with Gasteiger partial charge >= 0.3 is 5.97 Å². The Balaban J connectivity index is 2.77. The van der Waals surface area contributed by atoms with E-state index in [2.05, 4.69) is 0 Å². The van der Waals surface area contributed by atoms with Gasteiger partial charge in [-0.05, 0) is 39.5 Å². The molecule has 0 spiro atoms. The molecule has 13 heavy (non-hydrogen) atoms. The van der Waals surface area contributed by atoms with E-state index in [0.717, 1.165) is 12.8 Å². The first kappa shape index (κ1) is 10.2. The van der Waals surface area contributed by atoms with Crippen molar-refractivity contribution in [1.82, 2.24) is 0 Å². The zero-order valence-electron chi connectivity index (χ0n) is 8.42. The van der Waals surface area contributed by atoms with Crippen LogP contribution in [0, 0.1) is 11.3 Å². The number of Topliss-reactive ketones (excluding diaryl/α,β-unsaturated/α-hetero) is 1. The molecule has 74 valence electrons. The van der Waals surface area contributed by atoms with Gasteiger partial charge in [-0.1, -0.05) is 0 Å². The van der Waals surface area contributed by atoms with Crippen LogP contribution in [0.1, 0.15) is 33.6 Å². The number of hydrogen-bond donors (Lipinski definition) is 0. The van der Waals surface area contributed by atoms with Gasteiger partial charge in [-0.3, -0.25) is 9.59 Å². The van der Waals surface area contributed by atoms with Gasteiger partial charge in [-0.25, -0.2) is 0 Å². The lowest BCUT2D eigenvalue weighted by Gasteiger charge is -2.23. The van der Waals surface area contributed by atoms with Gasteiger partial charge in [0.1, 0.15) is 11.2 Å². The summed E-state index contributed by atoms with van der Waals surface area (Å²) in [5, 5.41) is 0. The standard InChI is InChI=1S/C10H16O3/c1-4-13-9(12)10(3,7(2)11)8-5-6-8/h8H,4-6H2,1-3H3. The summed E-state index contributed by atoms with van der Waals surface area (Å²) in [4.78, 5) is 22.9. The average molecular weight is 184 g/mol. The summed E-state index contributed by atoms with van der Waals surface area (Å²) in [6, 6.07) is 0. The number of carbonyl (C=O) groups excluding carboxylic acids is 2. The smallest absolute Gasteiger partial charge is 0.319 e. The summed E-state index contributed by atoms with van der Waals surface area (Å²) in [5.74, 6) is -0.220. The number of rotatable bonds is 4. The van der Waals surface area contributed by atoms with E-state index in [1.165, 1.54) is 6.92 Å². The van der Waals surface area contributed by atoms with Gasteiger partial charge in [0.15, 0.2) is 0 Å². The average Bonchev–Trinajstić information content (AvgIpc) is 2.85. The maximum atomic E-state index is 11.5. The molecule has 0 bridgehead atoms. The van der Waals surface area contributed by atoms with Crippen molar-refractivity contribution in [2.75, 3.05) is 6.61 Å². The Morgan fingerprint density at radius 2 is 2.00 bits per heavy atom. The van der Waals surface area contributed by atoms with Crippen LogP contribution in [0.3, 0.4) is 0 Å². The highest BCUT2D eigenvalue weighted by molar-refractivity contribution is 6.02. The number of esters is 1. The van der Waals surface area contributed by atoms with E-state index in [9.17, 15) is 9.59 Å². The molecule has 1 aliphatic carbocycles. The lowest BCUT2D eigenvalue weighted by Crippen LogP contribution is -2.38. The number of ether oxygens (including phenoxy) is 1. The van der Waals surface area contributed by atoms with Gasteiger partial charge in [0.2, 0.25) is 0 Å². The first-order chi connectivity index (χ1) is 6.03. The van der Waals surface area contributed by atoms with Crippen LogP contribution in [-0.4, -0.2) is 18.4 Å². The van der Waals surface area contributed by atoms with E-state index in [-0.39, 0.29) is 17.7 Å². The van der Waals surface area contributed by atoms with Crippen molar-refractivity contribution in [3.05, 3.63) is 0 Å². The predicted molar refractivity (Wildman–Crippen MR) is 48.1 cm³/mol. The Labute approximate surface area is 78.5 Å². The van der Waals surface area contributed by atoms with Gasteiger partial charge in [0, 0.05) is 0 Å². The molecule has 0 aromatic rings. The molecule has 3 heteroatoms. The number of ketones is 1. The van der Waals surface area contributed by atoms with Crippen molar-refractivity contribution in [2.24, 2.45) is 11.3 Å². The Kier molecular flexibility index (Phi) is 2.74. The van der Waals surface area contributed by atoms with Crippen molar-refractivity contribution in [3.63, 3.8) is 0 Å². The zero-order chi connectivity index (χ0) is 10.1. The highest BCUT2D eigenvalue weighted by atomic mass is 16.5. The third-order valence-electron chi connectivity index (χ3n) is 2.82. The molecule has 0 aromatic heterocycles. The third kappa shape index (κ3) is 1.74. The molecule has 1 aliphatic rings. The molecule has 1 unspecified atom stereocenters. The van der Waals surface area contributed by atoms with Crippen LogP contribution in [0.15, 0.2) is 0 Å². The minimum atomic E-state index is -0.879. The topological polar surface area (TPSA) is 43.4 Å². The maximum Gasteiger partial charge on any atom is 0.319 e. The SMILES string of the molecule is CCOC(=O)C(C)(C(C)=O)C1CC1. The molecule has 0 N–H and O–H groups in total. The Hall–Kier alpha value is -0.860. The van der Waals surface area contributed by atoms with Crippen molar-refractivity contribution >= 4 is 11.8 Å². The lowest BCUT2D eigenvalue weighted by atomic mass is 9.81. The van der Waals surface area contributed by atoms with E-state index in [1.54, 1.807) is 13.8 Å². The first-order valence-corrected chi connectivity index (χ1v) is 4.71. The monoisotopic (exact) mass is 184 g/mol. The summed E-state index contributed by atoms with van der Waals surface area (Å²) >= 11 is 0. The van der Waals surface area contributed by atoms with Crippen molar-refractivity contribution in [2.45, 2.75) is 33.6 Å². The second-order valence-electron chi connectivity index (χ2n) is 3.75. The summed E-state index contributed by atoms with van der Waals surface area (Å²) in [5.41, 5.74) is -0.879. The van der Waals surface area contributed by atoms with Gasteiger partial charge in [-0.2, -0.15) is 0 Å². The van der Waals surface area contributed by atoms with Gasteiger partial charge in [0.05, 0.1) is 6.61 Å². The summed E-state index contributed by atoms with van der Waals surface area (Å²) in [6.45, 7) is 5.26.